The second-order valence-electron chi connectivity index (χ2n) is 6.39. The number of hydrogen-bond acceptors (Lipinski definition) is 4. The van der Waals surface area contributed by atoms with E-state index in [1.54, 1.807) is 0 Å². The van der Waals surface area contributed by atoms with Crippen LogP contribution in [-0.4, -0.2) is 33.2 Å². The first kappa shape index (κ1) is 13.9. The van der Waals surface area contributed by atoms with Crippen molar-refractivity contribution in [2.45, 2.75) is 65.9 Å². The maximum Gasteiger partial charge on any atom is 0.305 e. The molecule has 0 N–H and O–H groups in total. The lowest BCUT2D eigenvalue weighted by Gasteiger charge is -2.43. The quantitative estimate of drug-likeness (QED) is 0.659. The molecule has 17 heavy (non-hydrogen) atoms. The Labute approximate surface area is 104 Å². The Morgan fingerprint density at radius 2 is 1.35 bits per heavy atom. The number of esters is 1. The fourth-order valence-corrected chi connectivity index (χ4v) is 1.80. The van der Waals surface area contributed by atoms with Gasteiger partial charge in [0, 0.05) is 30.4 Å². The molecule has 0 aliphatic carbocycles. The van der Waals surface area contributed by atoms with Gasteiger partial charge >= 0.3 is 5.97 Å². The maximum absolute atomic E-state index is 11.2. The molecule has 0 atom stereocenters. The molecular weight excluding hydrogens is 216 g/mol. The van der Waals surface area contributed by atoms with E-state index in [1.807, 2.05) is 12.4 Å². The minimum absolute atomic E-state index is 0.0867. The molecule has 0 bridgehead atoms. The van der Waals surface area contributed by atoms with Crippen LogP contribution >= 0.6 is 0 Å². The molecule has 0 aromatic rings. The standard InChI is InChI=1S/C13H24N2O2/c1-10(16)17-11-14(12(2,3)4)8-9-15(11)13(5,6)7/h8-9,11H,1-7H3. The van der Waals surface area contributed by atoms with Gasteiger partial charge in [0.2, 0.25) is 0 Å². The lowest BCUT2D eigenvalue weighted by atomic mass is 10.1. The lowest BCUT2D eigenvalue weighted by Crippen LogP contribution is -2.54. The van der Waals surface area contributed by atoms with Gasteiger partial charge < -0.3 is 14.5 Å². The van der Waals surface area contributed by atoms with Crippen molar-refractivity contribution in [1.82, 2.24) is 9.80 Å². The first-order valence-corrected chi connectivity index (χ1v) is 5.96. The molecule has 0 saturated carbocycles. The van der Waals surface area contributed by atoms with Gasteiger partial charge in [0.05, 0.1) is 0 Å². The van der Waals surface area contributed by atoms with Gasteiger partial charge in [0.1, 0.15) is 0 Å². The van der Waals surface area contributed by atoms with E-state index in [2.05, 4.69) is 51.3 Å². The minimum atomic E-state index is -0.354. The summed E-state index contributed by atoms with van der Waals surface area (Å²) in [7, 11) is 0. The van der Waals surface area contributed by atoms with E-state index in [0.29, 0.717) is 0 Å². The molecule has 1 heterocycles. The maximum atomic E-state index is 11.2. The lowest BCUT2D eigenvalue weighted by molar-refractivity contribution is -0.179. The highest BCUT2D eigenvalue weighted by molar-refractivity contribution is 5.66. The zero-order valence-corrected chi connectivity index (χ0v) is 11.9. The van der Waals surface area contributed by atoms with Crippen LogP contribution in [0, 0.1) is 0 Å². The molecular formula is C13H24N2O2. The summed E-state index contributed by atoms with van der Waals surface area (Å²) in [5, 5.41) is 0. The van der Waals surface area contributed by atoms with Crippen LogP contribution in [0.4, 0.5) is 0 Å². The normalized spacial score (nSPS) is 17.8. The zero-order valence-electron chi connectivity index (χ0n) is 11.9. The van der Waals surface area contributed by atoms with Crippen molar-refractivity contribution < 1.29 is 9.53 Å². The molecule has 0 fully saturated rings. The van der Waals surface area contributed by atoms with E-state index in [9.17, 15) is 4.79 Å². The van der Waals surface area contributed by atoms with Crippen molar-refractivity contribution >= 4 is 5.97 Å². The summed E-state index contributed by atoms with van der Waals surface area (Å²) in [6, 6.07) is 0. The topological polar surface area (TPSA) is 32.8 Å². The molecule has 98 valence electrons. The number of hydrogen-bond donors (Lipinski definition) is 0. The summed E-state index contributed by atoms with van der Waals surface area (Å²) < 4.78 is 5.44. The van der Waals surface area contributed by atoms with Crippen LogP contribution in [0.1, 0.15) is 48.5 Å². The third kappa shape index (κ3) is 3.14. The van der Waals surface area contributed by atoms with E-state index >= 15 is 0 Å². The van der Waals surface area contributed by atoms with E-state index in [1.165, 1.54) is 6.92 Å². The molecule has 1 aliphatic heterocycles. The zero-order chi connectivity index (χ0) is 13.4. The summed E-state index contributed by atoms with van der Waals surface area (Å²) in [4.78, 5) is 15.4. The Hall–Kier alpha value is -1.19. The molecule has 0 radical (unpaired) electrons. The van der Waals surface area contributed by atoms with Gasteiger partial charge in [0.25, 0.3) is 6.35 Å². The fraction of sp³-hybridized carbons (Fsp3) is 0.769. The Morgan fingerprint density at radius 3 is 1.59 bits per heavy atom. The van der Waals surface area contributed by atoms with Crippen molar-refractivity contribution in [3.63, 3.8) is 0 Å². The van der Waals surface area contributed by atoms with E-state index in [-0.39, 0.29) is 23.4 Å². The predicted molar refractivity (Wildman–Crippen MR) is 67.9 cm³/mol. The van der Waals surface area contributed by atoms with E-state index < -0.39 is 0 Å². The number of carbonyl (C=O) groups is 1. The Bertz CT molecular complexity index is 299. The van der Waals surface area contributed by atoms with Gasteiger partial charge in [-0.25, -0.2) is 0 Å². The highest BCUT2D eigenvalue weighted by Gasteiger charge is 2.40. The molecule has 0 amide bonds. The largest absolute Gasteiger partial charge is 0.423 e. The number of carbonyl (C=O) groups excluding carboxylic acids is 1. The second kappa shape index (κ2) is 4.24. The summed E-state index contributed by atoms with van der Waals surface area (Å²) in [5.41, 5.74) is -0.173. The van der Waals surface area contributed by atoms with Crippen molar-refractivity contribution in [2.24, 2.45) is 0 Å². The van der Waals surface area contributed by atoms with Crippen LogP contribution in [0.5, 0.6) is 0 Å². The SMILES string of the molecule is CC(=O)OC1N(C(C)(C)C)C=CN1C(C)(C)C. The second-order valence-corrected chi connectivity index (χ2v) is 6.39. The highest BCUT2D eigenvalue weighted by atomic mass is 16.6. The summed E-state index contributed by atoms with van der Waals surface area (Å²) in [6.07, 6.45) is 3.62. The van der Waals surface area contributed by atoms with Crippen LogP contribution in [0.25, 0.3) is 0 Å². The average Bonchev–Trinajstić information content (AvgIpc) is 2.43. The van der Waals surface area contributed by atoms with Gasteiger partial charge in [0.15, 0.2) is 0 Å². The molecule has 0 unspecified atom stereocenters. The van der Waals surface area contributed by atoms with Crippen molar-refractivity contribution in [3.05, 3.63) is 12.4 Å². The van der Waals surface area contributed by atoms with Gasteiger partial charge in [-0.1, -0.05) is 0 Å². The van der Waals surface area contributed by atoms with Gasteiger partial charge in [-0.3, -0.25) is 4.79 Å². The Kier molecular flexibility index (Phi) is 3.46. The van der Waals surface area contributed by atoms with Crippen molar-refractivity contribution in [1.29, 1.82) is 0 Å². The molecule has 1 aliphatic rings. The van der Waals surface area contributed by atoms with Gasteiger partial charge in [-0.15, -0.1) is 0 Å². The van der Waals surface area contributed by atoms with Crippen molar-refractivity contribution in [2.75, 3.05) is 0 Å². The number of ether oxygens (including phenoxy) is 1. The van der Waals surface area contributed by atoms with Crippen LogP contribution < -0.4 is 0 Å². The third-order valence-electron chi connectivity index (χ3n) is 2.68. The monoisotopic (exact) mass is 240 g/mol. The van der Waals surface area contributed by atoms with Crippen LogP contribution in [-0.2, 0) is 9.53 Å². The van der Waals surface area contributed by atoms with Crippen LogP contribution in [0.3, 0.4) is 0 Å². The fourth-order valence-electron chi connectivity index (χ4n) is 1.80. The molecule has 1 rings (SSSR count). The highest BCUT2D eigenvalue weighted by Crippen LogP contribution is 2.31. The summed E-state index contributed by atoms with van der Waals surface area (Å²) in [6.45, 7) is 14.0. The summed E-state index contributed by atoms with van der Waals surface area (Å²) in [5.74, 6) is -0.262. The first-order chi connectivity index (χ1) is 7.53. The minimum Gasteiger partial charge on any atom is -0.423 e. The Balaban J connectivity index is 2.98. The number of nitrogens with zero attached hydrogens (tertiary/aromatic N) is 2. The van der Waals surface area contributed by atoms with Gasteiger partial charge in [-0.2, -0.15) is 0 Å². The van der Waals surface area contributed by atoms with E-state index in [4.69, 9.17) is 4.74 Å². The first-order valence-electron chi connectivity index (χ1n) is 5.96. The molecule has 0 aromatic heterocycles. The van der Waals surface area contributed by atoms with Crippen LogP contribution in [0.2, 0.25) is 0 Å². The summed E-state index contributed by atoms with van der Waals surface area (Å²) >= 11 is 0. The molecule has 0 saturated heterocycles. The molecule has 4 nitrogen and oxygen atoms in total. The Morgan fingerprint density at radius 1 is 1.00 bits per heavy atom. The average molecular weight is 240 g/mol. The number of rotatable bonds is 1. The van der Waals surface area contributed by atoms with Crippen molar-refractivity contribution in [3.8, 4) is 0 Å². The van der Waals surface area contributed by atoms with Gasteiger partial charge in [-0.05, 0) is 41.5 Å². The predicted octanol–water partition coefficient (Wildman–Crippen LogP) is 2.52. The van der Waals surface area contributed by atoms with E-state index in [0.717, 1.165) is 0 Å². The molecule has 0 aromatic carbocycles. The molecule has 4 heteroatoms. The van der Waals surface area contributed by atoms with Crippen LogP contribution in [0.15, 0.2) is 12.4 Å². The molecule has 0 spiro atoms. The third-order valence-corrected chi connectivity index (χ3v) is 2.68. The smallest absolute Gasteiger partial charge is 0.305 e.